The maximum absolute atomic E-state index is 10.6. The van der Waals surface area contributed by atoms with Crippen molar-refractivity contribution in [2.24, 2.45) is 11.8 Å². The first kappa shape index (κ1) is 27.6. The van der Waals surface area contributed by atoms with Crippen molar-refractivity contribution in [3.63, 3.8) is 0 Å². The quantitative estimate of drug-likeness (QED) is 0.450. The summed E-state index contributed by atoms with van der Waals surface area (Å²) < 4.78 is 63.5. The number of phenols is 1. The Kier molecular flexibility index (Phi) is 8.84. The van der Waals surface area contributed by atoms with E-state index in [2.05, 4.69) is 20.4 Å². The average molecular weight is 510 g/mol. The monoisotopic (exact) mass is 510 g/mol. The van der Waals surface area contributed by atoms with Crippen molar-refractivity contribution in [3.8, 4) is 17.0 Å². The summed E-state index contributed by atoms with van der Waals surface area (Å²) in [5.74, 6) is -2.78. The van der Waals surface area contributed by atoms with E-state index in [0.29, 0.717) is 0 Å². The third-order valence-corrected chi connectivity index (χ3v) is 5.01. The van der Waals surface area contributed by atoms with E-state index in [9.17, 15) is 31.4 Å². The van der Waals surface area contributed by atoms with Crippen molar-refractivity contribution in [3.05, 3.63) is 36.4 Å². The Morgan fingerprint density at radius 2 is 1.29 bits per heavy atom. The van der Waals surface area contributed by atoms with Crippen LogP contribution in [-0.2, 0) is 9.59 Å². The summed E-state index contributed by atoms with van der Waals surface area (Å²) in [6, 6.07) is 11.1. The van der Waals surface area contributed by atoms with Gasteiger partial charge in [-0.3, -0.25) is 0 Å². The number of carboxylic acid groups (broad SMARTS) is 2. The number of hydrogen-bond donors (Lipinski definition) is 4. The molecule has 2 aliphatic rings. The summed E-state index contributed by atoms with van der Waals surface area (Å²) in [4.78, 5) is 20.1. The lowest BCUT2D eigenvalue weighted by Crippen LogP contribution is -2.26. The summed E-state index contributed by atoms with van der Waals surface area (Å²) in [5, 5.41) is 35.7. The van der Waals surface area contributed by atoms with Gasteiger partial charge in [-0.25, -0.2) is 9.59 Å². The zero-order valence-corrected chi connectivity index (χ0v) is 17.7. The van der Waals surface area contributed by atoms with Crippen LogP contribution in [0.1, 0.15) is 0 Å². The predicted octanol–water partition coefficient (Wildman–Crippen LogP) is 2.77. The number of carbonyl (C=O) groups is 2. The minimum atomic E-state index is -5.08. The molecule has 35 heavy (non-hydrogen) atoms. The summed E-state index contributed by atoms with van der Waals surface area (Å²) in [6.45, 7) is 4.40. The Morgan fingerprint density at radius 1 is 0.829 bits per heavy atom. The molecule has 4 N–H and O–H groups in total. The first-order valence-corrected chi connectivity index (χ1v) is 9.87. The number of rotatable bonds is 2. The Morgan fingerprint density at radius 3 is 1.66 bits per heavy atom. The molecule has 0 amide bonds. The number of hydrogen-bond acceptors (Lipinski definition) is 7. The van der Waals surface area contributed by atoms with Crippen LogP contribution in [0.5, 0.6) is 5.75 Å². The molecule has 0 spiro atoms. The summed E-state index contributed by atoms with van der Waals surface area (Å²) >= 11 is 0. The predicted molar refractivity (Wildman–Crippen MR) is 109 cm³/mol. The van der Waals surface area contributed by atoms with E-state index in [4.69, 9.17) is 19.8 Å². The molecular formula is C20H20F6N4O5. The molecule has 0 bridgehead atoms. The number of alkyl halides is 6. The van der Waals surface area contributed by atoms with E-state index >= 15 is 0 Å². The third-order valence-electron chi connectivity index (χ3n) is 5.01. The molecule has 2 atom stereocenters. The second-order valence-electron chi connectivity index (χ2n) is 7.51. The summed E-state index contributed by atoms with van der Waals surface area (Å²) in [6.07, 6.45) is -10.2. The van der Waals surface area contributed by atoms with Crippen molar-refractivity contribution in [1.82, 2.24) is 15.5 Å². The zero-order valence-electron chi connectivity index (χ0n) is 17.7. The minimum absolute atomic E-state index is 0.264. The number of halogens is 6. The third kappa shape index (κ3) is 8.27. The molecular weight excluding hydrogens is 490 g/mol. The van der Waals surface area contributed by atoms with Gasteiger partial charge < -0.3 is 25.5 Å². The van der Waals surface area contributed by atoms with Crippen LogP contribution >= 0.6 is 0 Å². The molecule has 0 saturated carbocycles. The molecule has 2 aliphatic heterocycles. The smallest absolute Gasteiger partial charge is 0.490 e. The SMILES string of the molecule is O=C(O)C(F)(F)F.O=C(O)C(F)(F)F.Oc1ccc(-c2ccc(N3CC4CNCC4C3)nn2)cc1. The average Bonchev–Trinajstić information content (AvgIpc) is 3.36. The maximum Gasteiger partial charge on any atom is 0.490 e. The Bertz CT molecular complexity index is 963. The van der Waals surface area contributed by atoms with Crippen LogP contribution < -0.4 is 10.2 Å². The van der Waals surface area contributed by atoms with Crippen molar-refractivity contribution >= 4 is 17.8 Å². The molecule has 2 fully saturated rings. The van der Waals surface area contributed by atoms with Gasteiger partial charge in [0.1, 0.15) is 5.75 Å². The number of nitrogens with zero attached hydrogens (tertiary/aromatic N) is 3. The second-order valence-corrected chi connectivity index (χ2v) is 7.51. The molecule has 3 heterocycles. The van der Waals surface area contributed by atoms with Crippen LogP contribution in [-0.4, -0.2) is 76.0 Å². The van der Waals surface area contributed by atoms with Crippen molar-refractivity contribution < 1.29 is 51.3 Å². The first-order valence-electron chi connectivity index (χ1n) is 9.87. The minimum Gasteiger partial charge on any atom is -0.508 e. The molecule has 192 valence electrons. The van der Waals surface area contributed by atoms with Gasteiger partial charge in [-0.2, -0.15) is 26.3 Å². The molecule has 2 aromatic rings. The number of benzene rings is 1. The molecule has 4 rings (SSSR count). The first-order chi connectivity index (χ1) is 16.2. The Hall–Kier alpha value is -3.62. The van der Waals surface area contributed by atoms with Gasteiger partial charge in [0.05, 0.1) is 5.69 Å². The fourth-order valence-corrected chi connectivity index (χ4v) is 3.32. The lowest BCUT2D eigenvalue weighted by Gasteiger charge is -2.17. The van der Waals surface area contributed by atoms with Gasteiger partial charge >= 0.3 is 24.3 Å². The highest BCUT2D eigenvalue weighted by Crippen LogP contribution is 2.30. The fraction of sp³-hybridized carbons (Fsp3) is 0.400. The standard InChI is InChI=1S/C16H18N4O.2C2HF3O2/c21-14-3-1-11(2-4-14)15-5-6-16(19-18-15)20-9-12-7-17-8-13(12)10-20;2*3-2(4,5)1(6)7/h1-6,12-13,17,21H,7-10H2;2*(H,6,7). The van der Waals surface area contributed by atoms with E-state index in [1.807, 2.05) is 24.3 Å². The van der Waals surface area contributed by atoms with Crippen LogP contribution in [0.15, 0.2) is 36.4 Å². The molecule has 2 unspecified atom stereocenters. The number of aliphatic carboxylic acids is 2. The Balaban J connectivity index is 0.000000257. The lowest BCUT2D eigenvalue weighted by molar-refractivity contribution is -0.193. The molecule has 1 aromatic carbocycles. The van der Waals surface area contributed by atoms with E-state index in [1.54, 1.807) is 12.1 Å². The number of aromatic hydroxyl groups is 1. The van der Waals surface area contributed by atoms with Crippen LogP contribution in [0.3, 0.4) is 0 Å². The molecule has 0 radical (unpaired) electrons. The number of phenolic OH excluding ortho intramolecular Hbond substituents is 1. The van der Waals surface area contributed by atoms with Gasteiger partial charge in [0, 0.05) is 31.7 Å². The molecule has 15 heteroatoms. The summed E-state index contributed by atoms with van der Waals surface area (Å²) in [5.41, 5.74) is 1.80. The van der Waals surface area contributed by atoms with Crippen molar-refractivity contribution in [2.75, 3.05) is 31.1 Å². The van der Waals surface area contributed by atoms with E-state index in [1.165, 1.54) is 0 Å². The number of anilines is 1. The molecule has 1 aromatic heterocycles. The van der Waals surface area contributed by atoms with E-state index in [-0.39, 0.29) is 5.75 Å². The molecule has 0 aliphatic carbocycles. The second kappa shape index (κ2) is 11.2. The number of fused-ring (bicyclic) bond motifs is 1. The van der Waals surface area contributed by atoms with E-state index < -0.39 is 24.3 Å². The van der Waals surface area contributed by atoms with Gasteiger partial charge in [0.15, 0.2) is 5.82 Å². The normalized spacial score (nSPS) is 19.1. The van der Waals surface area contributed by atoms with Gasteiger partial charge in [-0.15, -0.1) is 10.2 Å². The number of aromatic nitrogens is 2. The Labute approximate surface area is 194 Å². The van der Waals surface area contributed by atoms with Crippen molar-refractivity contribution in [2.45, 2.75) is 12.4 Å². The van der Waals surface area contributed by atoms with Gasteiger partial charge in [-0.05, 0) is 48.2 Å². The lowest BCUT2D eigenvalue weighted by atomic mass is 10.0. The van der Waals surface area contributed by atoms with Crippen molar-refractivity contribution in [1.29, 1.82) is 0 Å². The summed E-state index contributed by atoms with van der Waals surface area (Å²) in [7, 11) is 0. The highest BCUT2D eigenvalue weighted by molar-refractivity contribution is 5.73. The number of carboxylic acids is 2. The molecule has 2 saturated heterocycles. The van der Waals surface area contributed by atoms with Crippen LogP contribution in [0.25, 0.3) is 11.3 Å². The van der Waals surface area contributed by atoms with Crippen LogP contribution in [0.2, 0.25) is 0 Å². The van der Waals surface area contributed by atoms with Crippen LogP contribution in [0.4, 0.5) is 32.2 Å². The van der Waals surface area contributed by atoms with Crippen LogP contribution in [0, 0.1) is 11.8 Å². The fourth-order valence-electron chi connectivity index (χ4n) is 3.32. The highest BCUT2D eigenvalue weighted by Gasteiger charge is 2.39. The largest absolute Gasteiger partial charge is 0.508 e. The molecule has 9 nitrogen and oxygen atoms in total. The topological polar surface area (TPSA) is 136 Å². The highest BCUT2D eigenvalue weighted by atomic mass is 19.4. The van der Waals surface area contributed by atoms with Gasteiger partial charge in [-0.1, -0.05) is 0 Å². The number of nitrogens with one attached hydrogen (secondary N) is 1. The zero-order chi connectivity index (χ0) is 26.4. The van der Waals surface area contributed by atoms with E-state index in [0.717, 1.165) is 55.1 Å². The van der Waals surface area contributed by atoms with Gasteiger partial charge in [0.25, 0.3) is 0 Å². The van der Waals surface area contributed by atoms with Gasteiger partial charge in [0.2, 0.25) is 0 Å². The maximum atomic E-state index is 10.6.